The van der Waals surface area contributed by atoms with Gasteiger partial charge in [-0.1, -0.05) is 19.1 Å². The van der Waals surface area contributed by atoms with Gasteiger partial charge in [-0.05, 0) is 31.6 Å². The summed E-state index contributed by atoms with van der Waals surface area (Å²) in [7, 11) is 0. The standard InChI is InChI=1S/C10H17N/c1-3-10-9-5-4-8(11-10)6-7(9)2/h8-11H,2-6H2,1H3. The highest BCUT2D eigenvalue weighted by molar-refractivity contribution is 5.15. The van der Waals surface area contributed by atoms with E-state index in [2.05, 4.69) is 18.8 Å². The van der Waals surface area contributed by atoms with Crippen LogP contribution in [0.1, 0.15) is 32.6 Å². The smallest absolute Gasteiger partial charge is 0.0132 e. The maximum Gasteiger partial charge on any atom is 0.0132 e. The summed E-state index contributed by atoms with van der Waals surface area (Å²) >= 11 is 0. The molecule has 3 rings (SSSR count). The Kier molecular flexibility index (Phi) is 1.76. The van der Waals surface area contributed by atoms with Crippen molar-refractivity contribution in [2.75, 3.05) is 0 Å². The van der Waals surface area contributed by atoms with Crippen molar-refractivity contribution in [3.63, 3.8) is 0 Å². The molecule has 1 N–H and O–H groups in total. The van der Waals surface area contributed by atoms with E-state index >= 15 is 0 Å². The van der Waals surface area contributed by atoms with Gasteiger partial charge in [0.15, 0.2) is 0 Å². The molecule has 1 saturated carbocycles. The fourth-order valence-electron chi connectivity index (χ4n) is 2.60. The summed E-state index contributed by atoms with van der Waals surface area (Å²) in [6.45, 7) is 6.42. The summed E-state index contributed by atoms with van der Waals surface area (Å²) < 4.78 is 0. The first kappa shape index (κ1) is 7.35. The van der Waals surface area contributed by atoms with Crippen LogP contribution in [-0.2, 0) is 0 Å². The molecule has 0 radical (unpaired) electrons. The molecule has 0 aromatic rings. The van der Waals surface area contributed by atoms with Crippen LogP contribution in [0.3, 0.4) is 0 Å². The van der Waals surface area contributed by atoms with Crippen LogP contribution in [0.15, 0.2) is 12.2 Å². The SMILES string of the molecule is C=C1CC2CCC1C(CC)N2. The highest BCUT2D eigenvalue weighted by atomic mass is 15.0. The van der Waals surface area contributed by atoms with E-state index in [1.54, 1.807) is 0 Å². The molecule has 1 nitrogen and oxygen atoms in total. The van der Waals surface area contributed by atoms with Gasteiger partial charge >= 0.3 is 0 Å². The van der Waals surface area contributed by atoms with Gasteiger partial charge in [0, 0.05) is 12.1 Å². The van der Waals surface area contributed by atoms with E-state index in [9.17, 15) is 0 Å². The monoisotopic (exact) mass is 151 g/mol. The first-order valence-electron chi connectivity index (χ1n) is 4.75. The Labute approximate surface area is 68.9 Å². The van der Waals surface area contributed by atoms with E-state index in [0.29, 0.717) is 0 Å². The van der Waals surface area contributed by atoms with Crippen LogP contribution in [0, 0.1) is 5.92 Å². The van der Waals surface area contributed by atoms with Gasteiger partial charge < -0.3 is 5.32 Å². The lowest BCUT2D eigenvalue weighted by molar-refractivity contribution is 0.202. The molecular formula is C10H17N. The molecule has 0 spiro atoms. The number of nitrogens with one attached hydrogen (secondary N) is 1. The van der Waals surface area contributed by atoms with E-state index in [1.165, 1.54) is 31.3 Å². The molecule has 2 heterocycles. The molecule has 3 fully saturated rings. The molecule has 2 saturated heterocycles. The lowest BCUT2D eigenvalue weighted by atomic mass is 9.73. The van der Waals surface area contributed by atoms with Gasteiger partial charge in [0.25, 0.3) is 0 Å². The van der Waals surface area contributed by atoms with E-state index in [-0.39, 0.29) is 0 Å². The molecule has 3 unspecified atom stereocenters. The van der Waals surface area contributed by atoms with Crippen molar-refractivity contribution < 1.29 is 0 Å². The van der Waals surface area contributed by atoms with Gasteiger partial charge in [0.05, 0.1) is 0 Å². The molecule has 2 aliphatic heterocycles. The zero-order valence-corrected chi connectivity index (χ0v) is 7.27. The predicted molar refractivity (Wildman–Crippen MR) is 47.5 cm³/mol. The van der Waals surface area contributed by atoms with Crippen molar-refractivity contribution in [2.24, 2.45) is 5.92 Å². The lowest BCUT2D eigenvalue weighted by Crippen LogP contribution is -2.52. The molecular weight excluding hydrogens is 134 g/mol. The van der Waals surface area contributed by atoms with E-state index < -0.39 is 0 Å². The summed E-state index contributed by atoms with van der Waals surface area (Å²) in [5, 5.41) is 3.67. The van der Waals surface area contributed by atoms with Crippen LogP contribution in [0.2, 0.25) is 0 Å². The van der Waals surface area contributed by atoms with Crippen LogP contribution >= 0.6 is 0 Å². The number of hydrogen-bond acceptors (Lipinski definition) is 1. The summed E-state index contributed by atoms with van der Waals surface area (Å²) in [4.78, 5) is 0. The van der Waals surface area contributed by atoms with E-state index in [4.69, 9.17) is 0 Å². The largest absolute Gasteiger partial charge is 0.310 e. The van der Waals surface area contributed by atoms with Crippen LogP contribution < -0.4 is 5.32 Å². The zero-order chi connectivity index (χ0) is 7.84. The Morgan fingerprint density at radius 2 is 2.36 bits per heavy atom. The van der Waals surface area contributed by atoms with E-state index in [1.807, 2.05) is 0 Å². The van der Waals surface area contributed by atoms with Crippen LogP contribution in [0.5, 0.6) is 0 Å². The number of piperidine rings is 2. The predicted octanol–water partition coefficient (Wildman–Crippen LogP) is 2.09. The number of rotatable bonds is 1. The fourth-order valence-corrected chi connectivity index (χ4v) is 2.60. The summed E-state index contributed by atoms with van der Waals surface area (Å²) in [6, 6.07) is 1.51. The molecule has 3 atom stereocenters. The second-order valence-electron chi connectivity index (χ2n) is 3.92. The van der Waals surface area contributed by atoms with Crippen LogP contribution in [-0.4, -0.2) is 12.1 Å². The first-order valence-corrected chi connectivity index (χ1v) is 4.75. The van der Waals surface area contributed by atoms with Gasteiger partial charge in [-0.3, -0.25) is 0 Å². The Morgan fingerprint density at radius 1 is 1.55 bits per heavy atom. The van der Waals surface area contributed by atoms with Gasteiger partial charge in [-0.2, -0.15) is 0 Å². The molecule has 2 bridgehead atoms. The summed E-state index contributed by atoms with van der Waals surface area (Å²) in [5.74, 6) is 0.796. The normalized spacial score (nSPS) is 43.0. The van der Waals surface area contributed by atoms with Crippen LogP contribution in [0.25, 0.3) is 0 Å². The third-order valence-corrected chi connectivity index (χ3v) is 3.23. The number of hydrogen-bond donors (Lipinski definition) is 1. The quantitative estimate of drug-likeness (QED) is 0.566. The summed E-state index contributed by atoms with van der Waals surface area (Å²) in [6.07, 6.45) is 5.26. The maximum atomic E-state index is 4.16. The van der Waals surface area contributed by atoms with Crippen molar-refractivity contribution in [2.45, 2.75) is 44.7 Å². The van der Waals surface area contributed by atoms with Crippen molar-refractivity contribution in [3.05, 3.63) is 12.2 Å². The van der Waals surface area contributed by atoms with Gasteiger partial charge in [-0.15, -0.1) is 0 Å². The second-order valence-corrected chi connectivity index (χ2v) is 3.92. The highest BCUT2D eigenvalue weighted by Gasteiger charge is 2.35. The molecule has 1 aliphatic carbocycles. The zero-order valence-electron chi connectivity index (χ0n) is 7.27. The van der Waals surface area contributed by atoms with E-state index in [0.717, 1.165) is 18.0 Å². The average molecular weight is 151 g/mol. The molecule has 3 aliphatic rings. The van der Waals surface area contributed by atoms with Crippen molar-refractivity contribution in [1.82, 2.24) is 5.32 Å². The first-order chi connectivity index (χ1) is 5.31. The molecule has 1 heteroatoms. The fraction of sp³-hybridized carbons (Fsp3) is 0.800. The minimum absolute atomic E-state index is 0.745. The topological polar surface area (TPSA) is 12.0 Å². The third-order valence-electron chi connectivity index (χ3n) is 3.23. The minimum atomic E-state index is 0.745. The average Bonchev–Trinajstić information content (AvgIpc) is 2.04. The minimum Gasteiger partial charge on any atom is -0.310 e. The van der Waals surface area contributed by atoms with Crippen LogP contribution in [0.4, 0.5) is 0 Å². The third kappa shape index (κ3) is 1.12. The highest BCUT2D eigenvalue weighted by Crippen LogP contribution is 2.37. The van der Waals surface area contributed by atoms with Crippen molar-refractivity contribution in [3.8, 4) is 0 Å². The molecule has 62 valence electrons. The Hall–Kier alpha value is -0.300. The maximum absolute atomic E-state index is 4.16. The van der Waals surface area contributed by atoms with Crippen molar-refractivity contribution >= 4 is 0 Å². The Bertz CT molecular complexity index is 174. The van der Waals surface area contributed by atoms with Gasteiger partial charge in [0.2, 0.25) is 0 Å². The molecule has 0 aromatic carbocycles. The lowest BCUT2D eigenvalue weighted by Gasteiger charge is -2.44. The second kappa shape index (κ2) is 2.63. The summed E-state index contributed by atoms with van der Waals surface area (Å²) in [5.41, 5.74) is 1.51. The molecule has 0 amide bonds. The van der Waals surface area contributed by atoms with Crippen molar-refractivity contribution in [1.29, 1.82) is 0 Å². The molecule has 0 aromatic heterocycles. The van der Waals surface area contributed by atoms with Gasteiger partial charge in [0.1, 0.15) is 0 Å². The number of fused-ring (bicyclic) bond motifs is 3. The Balaban J connectivity index is 2.13. The Morgan fingerprint density at radius 3 is 2.82 bits per heavy atom. The van der Waals surface area contributed by atoms with Gasteiger partial charge in [-0.25, -0.2) is 0 Å². The molecule has 11 heavy (non-hydrogen) atoms.